The van der Waals surface area contributed by atoms with Crippen LogP contribution < -0.4 is 5.73 Å². The fraction of sp³-hybridized carbons (Fsp3) is 0.500. The van der Waals surface area contributed by atoms with Crippen molar-refractivity contribution in [3.63, 3.8) is 0 Å². The summed E-state index contributed by atoms with van der Waals surface area (Å²) in [5, 5.41) is 0. The maximum Gasteiger partial charge on any atom is 0.243 e. The third-order valence-corrected chi connectivity index (χ3v) is 6.06. The molecule has 1 rings (SSSR count). The summed E-state index contributed by atoms with van der Waals surface area (Å²) in [6, 6.07) is 5.00. The average molecular weight is 414 g/mol. The molecule has 1 aromatic rings. The molecule has 0 aromatic heterocycles. The molecule has 0 spiro atoms. The number of hydrogen-bond donors (Lipinski definition) is 1. The van der Waals surface area contributed by atoms with E-state index in [-0.39, 0.29) is 10.3 Å². The monoisotopic (exact) mass is 412 g/mol. The molecule has 108 valence electrons. The van der Waals surface area contributed by atoms with Crippen molar-refractivity contribution >= 4 is 41.9 Å². The quantitative estimate of drug-likeness (QED) is 0.807. The van der Waals surface area contributed by atoms with E-state index in [9.17, 15) is 8.42 Å². The molecule has 19 heavy (non-hydrogen) atoms. The van der Waals surface area contributed by atoms with Crippen LogP contribution in [0.2, 0.25) is 0 Å². The SMILES string of the molecule is CN(CC(C)(C)CN)S(=O)(=O)c1ccc(Br)cc1Br. The third-order valence-electron chi connectivity index (χ3n) is 2.79. The number of benzene rings is 1. The molecule has 0 atom stereocenters. The van der Waals surface area contributed by atoms with Gasteiger partial charge in [0.2, 0.25) is 10.0 Å². The fourth-order valence-electron chi connectivity index (χ4n) is 1.60. The lowest BCUT2D eigenvalue weighted by atomic mass is 9.94. The van der Waals surface area contributed by atoms with Gasteiger partial charge >= 0.3 is 0 Å². The Morgan fingerprint density at radius 1 is 1.32 bits per heavy atom. The van der Waals surface area contributed by atoms with Gasteiger partial charge in [0.25, 0.3) is 0 Å². The van der Waals surface area contributed by atoms with Crippen LogP contribution in [-0.4, -0.2) is 32.9 Å². The second-order valence-electron chi connectivity index (χ2n) is 5.20. The smallest absolute Gasteiger partial charge is 0.243 e. The molecule has 0 aliphatic rings. The van der Waals surface area contributed by atoms with Crippen LogP contribution >= 0.6 is 31.9 Å². The molecule has 0 fully saturated rings. The van der Waals surface area contributed by atoms with E-state index in [1.54, 1.807) is 25.2 Å². The summed E-state index contributed by atoms with van der Waals surface area (Å²) in [7, 11) is -1.95. The van der Waals surface area contributed by atoms with Crippen molar-refractivity contribution in [1.82, 2.24) is 4.31 Å². The molecular weight excluding hydrogens is 396 g/mol. The number of hydrogen-bond acceptors (Lipinski definition) is 3. The van der Waals surface area contributed by atoms with E-state index in [2.05, 4.69) is 31.9 Å². The van der Waals surface area contributed by atoms with Crippen molar-refractivity contribution < 1.29 is 8.42 Å². The van der Waals surface area contributed by atoms with E-state index in [0.29, 0.717) is 17.6 Å². The Morgan fingerprint density at radius 3 is 2.37 bits per heavy atom. The summed E-state index contributed by atoms with van der Waals surface area (Å²) in [6.07, 6.45) is 0. The minimum atomic E-state index is -3.52. The normalized spacial score (nSPS) is 13.0. The van der Waals surface area contributed by atoms with Crippen molar-refractivity contribution in [2.24, 2.45) is 11.1 Å². The van der Waals surface area contributed by atoms with Gasteiger partial charge in [-0.2, -0.15) is 0 Å². The topological polar surface area (TPSA) is 63.4 Å². The molecule has 0 unspecified atom stereocenters. The standard InChI is InChI=1S/C12H18Br2N2O2S/c1-12(2,7-15)8-16(3)19(17,18)11-5-4-9(13)6-10(11)14/h4-6H,7-8,15H2,1-3H3. The molecule has 0 saturated heterocycles. The van der Waals surface area contributed by atoms with E-state index in [1.165, 1.54) is 4.31 Å². The lowest BCUT2D eigenvalue weighted by Crippen LogP contribution is -2.39. The highest BCUT2D eigenvalue weighted by Crippen LogP contribution is 2.29. The van der Waals surface area contributed by atoms with Crippen molar-refractivity contribution in [2.45, 2.75) is 18.7 Å². The van der Waals surface area contributed by atoms with Gasteiger partial charge in [-0.1, -0.05) is 29.8 Å². The maximum atomic E-state index is 12.5. The van der Waals surface area contributed by atoms with Crippen LogP contribution in [0, 0.1) is 5.41 Å². The second kappa shape index (κ2) is 6.22. The van der Waals surface area contributed by atoms with E-state index < -0.39 is 10.0 Å². The Balaban J connectivity index is 3.10. The first-order valence-electron chi connectivity index (χ1n) is 5.71. The lowest BCUT2D eigenvalue weighted by molar-refractivity contribution is 0.292. The summed E-state index contributed by atoms with van der Waals surface area (Å²) in [5.41, 5.74) is 5.39. The molecule has 1 aromatic carbocycles. The van der Waals surface area contributed by atoms with E-state index in [1.807, 2.05) is 13.8 Å². The zero-order valence-corrected chi connectivity index (χ0v) is 15.1. The van der Waals surface area contributed by atoms with Gasteiger partial charge in [0.05, 0.1) is 4.90 Å². The highest BCUT2D eigenvalue weighted by Gasteiger charge is 2.28. The number of halogens is 2. The molecule has 0 bridgehead atoms. The molecule has 0 heterocycles. The number of rotatable bonds is 5. The summed E-state index contributed by atoms with van der Waals surface area (Å²) in [5.74, 6) is 0. The Bertz CT molecular complexity index is 559. The molecule has 0 aliphatic heterocycles. The first-order valence-corrected chi connectivity index (χ1v) is 8.74. The van der Waals surface area contributed by atoms with Crippen LogP contribution in [0.15, 0.2) is 32.0 Å². The molecule has 2 N–H and O–H groups in total. The lowest BCUT2D eigenvalue weighted by Gasteiger charge is -2.28. The largest absolute Gasteiger partial charge is 0.330 e. The van der Waals surface area contributed by atoms with Crippen LogP contribution in [0.25, 0.3) is 0 Å². The van der Waals surface area contributed by atoms with Crippen molar-refractivity contribution in [2.75, 3.05) is 20.1 Å². The van der Waals surface area contributed by atoms with Crippen LogP contribution in [0.1, 0.15) is 13.8 Å². The van der Waals surface area contributed by atoms with Gasteiger partial charge < -0.3 is 5.73 Å². The summed E-state index contributed by atoms with van der Waals surface area (Å²) in [4.78, 5) is 0.256. The van der Waals surface area contributed by atoms with E-state index in [4.69, 9.17) is 5.73 Å². The van der Waals surface area contributed by atoms with Gasteiger partial charge in [0.15, 0.2) is 0 Å². The molecule has 7 heteroatoms. The molecule has 0 aliphatic carbocycles. The third kappa shape index (κ3) is 4.26. The molecular formula is C12H18Br2N2O2S. The van der Waals surface area contributed by atoms with Gasteiger partial charge in [-0.3, -0.25) is 0 Å². The zero-order chi connectivity index (χ0) is 14.8. The van der Waals surface area contributed by atoms with Gasteiger partial charge in [0, 0.05) is 22.5 Å². The first-order chi connectivity index (χ1) is 8.60. The molecule has 4 nitrogen and oxygen atoms in total. The highest BCUT2D eigenvalue weighted by atomic mass is 79.9. The molecule has 0 saturated carbocycles. The molecule has 0 amide bonds. The predicted molar refractivity (Wildman–Crippen MR) is 84.5 cm³/mol. The Morgan fingerprint density at radius 2 is 1.89 bits per heavy atom. The van der Waals surface area contributed by atoms with Gasteiger partial charge in [-0.15, -0.1) is 0 Å². The summed E-state index contributed by atoms with van der Waals surface area (Å²) >= 11 is 6.59. The van der Waals surface area contributed by atoms with Crippen LogP contribution in [0.4, 0.5) is 0 Å². The van der Waals surface area contributed by atoms with Gasteiger partial charge in [0.1, 0.15) is 0 Å². The van der Waals surface area contributed by atoms with Crippen LogP contribution in [0.3, 0.4) is 0 Å². The summed E-state index contributed by atoms with van der Waals surface area (Å²) < 4.78 is 27.7. The van der Waals surface area contributed by atoms with Crippen LogP contribution in [-0.2, 0) is 10.0 Å². The number of nitrogens with two attached hydrogens (primary N) is 1. The summed E-state index contributed by atoms with van der Waals surface area (Å²) in [6.45, 7) is 4.67. The molecule has 0 radical (unpaired) electrons. The minimum absolute atomic E-state index is 0.256. The van der Waals surface area contributed by atoms with Crippen molar-refractivity contribution in [3.8, 4) is 0 Å². The Kier molecular flexibility index (Phi) is 5.60. The number of nitrogens with zero attached hydrogens (tertiary/aromatic N) is 1. The van der Waals surface area contributed by atoms with E-state index >= 15 is 0 Å². The van der Waals surface area contributed by atoms with E-state index in [0.717, 1.165) is 4.47 Å². The first kappa shape index (κ1) is 17.1. The predicted octanol–water partition coefficient (Wildman–Crippen LogP) is 2.82. The fourth-order valence-corrected chi connectivity index (χ4v) is 4.67. The Labute approximate surface area is 131 Å². The van der Waals surface area contributed by atoms with Gasteiger partial charge in [-0.05, 0) is 46.1 Å². The van der Waals surface area contributed by atoms with Crippen molar-refractivity contribution in [3.05, 3.63) is 27.1 Å². The minimum Gasteiger partial charge on any atom is -0.330 e. The Hall–Kier alpha value is 0.0500. The average Bonchev–Trinajstić information content (AvgIpc) is 2.27. The second-order valence-corrected chi connectivity index (χ2v) is 8.99. The van der Waals surface area contributed by atoms with Crippen LogP contribution in [0.5, 0.6) is 0 Å². The highest BCUT2D eigenvalue weighted by molar-refractivity contribution is 9.11. The van der Waals surface area contributed by atoms with Crippen molar-refractivity contribution in [1.29, 1.82) is 0 Å². The zero-order valence-electron chi connectivity index (χ0n) is 11.2. The van der Waals surface area contributed by atoms with Gasteiger partial charge in [-0.25, -0.2) is 12.7 Å². The number of sulfonamides is 1. The maximum absolute atomic E-state index is 12.5.